The Morgan fingerprint density at radius 3 is 2.94 bits per heavy atom. The highest BCUT2D eigenvalue weighted by Gasteiger charge is 2.22. The molecule has 0 saturated heterocycles. The van der Waals surface area contributed by atoms with Crippen molar-refractivity contribution >= 4 is 41.3 Å². The largest absolute Gasteiger partial charge is 0.356 e. The number of aromatic nitrogens is 6. The van der Waals surface area contributed by atoms with E-state index in [1.807, 2.05) is 23.2 Å². The minimum atomic E-state index is 0. The van der Waals surface area contributed by atoms with Gasteiger partial charge in [-0.1, -0.05) is 13.0 Å². The first-order valence-electron chi connectivity index (χ1n) is 10.5. The third-order valence-electron chi connectivity index (χ3n) is 5.36. The molecule has 2 N–H and O–H groups in total. The SMILES string of the molecule is CCc1nc2n(n1)CC(NC(=NCc1nnc(C)n1C)NCCc1cccs1)CC2.I. The Kier molecular flexibility index (Phi) is 8.41. The molecule has 11 heteroatoms. The van der Waals surface area contributed by atoms with Crippen LogP contribution in [-0.4, -0.2) is 48.1 Å². The lowest BCUT2D eigenvalue weighted by molar-refractivity contribution is 0.392. The van der Waals surface area contributed by atoms with E-state index in [-0.39, 0.29) is 30.0 Å². The highest BCUT2D eigenvalue weighted by Crippen LogP contribution is 2.13. The summed E-state index contributed by atoms with van der Waals surface area (Å²) < 4.78 is 4.01. The summed E-state index contributed by atoms with van der Waals surface area (Å²) in [6.07, 6.45) is 3.78. The fourth-order valence-corrected chi connectivity index (χ4v) is 4.18. The fourth-order valence-electron chi connectivity index (χ4n) is 3.47. The molecule has 3 aromatic heterocycles. The van der Waals surface area contributed by atoms with Crippen molar-refractivity contribution in [2.75, 3.05) is 6.54 Å². The third-order valence-corrected chi connectivity index (χ3v) is 6.30. The monoisotopic (exact) mass is 555 g/mol. The van der Waals surface area contributed by atoms with Crippen LogP contribution in [0.25, 0.3) is 0 Å². The minimum absolute atomic E-state index is 0. The number of aliphatic imine (C=N–C) groups is 1. The molecule has 4 rings (SSSR count). The van der Waals surface area contributed by atoms with Crippen LogP contribution in [0.15, 0.2) is 22.5 Å². The van der Waals surface area contributed by atoms with Gasteiger partial charge < -0.3 is 15.2 Å². The van der Waals surface area contributed by atoms with E-state index in [0.717, 1.165) is 68.0 Å². The van der Waals surface area contributed by atoms with Crippen molar-refractivity contribution in [2.24, 2.45) is 12.0 Å². The average molecular weight is 555 g/mol. The van der Waals surface area contributed by atoms with Crippen LogP contribution < -0.4 is 10.6 Å². The van der Waals surface area contributed by atoms with Crippen LogP contribution in [0.1, 0.15) is 41.5 Å². The maximum atomic E-state index is 4.79. The highest BCUT2D eigenvalue weighted by molar-refractivity contribution is 14.0. The molecule has 0 saturated carbocycles. The number of hydrogen-bond donors (Lipinski definition) is 2. The summed E-state index contributed by atoms with van der Waals surface area (Å²) in [6, 6.07) is 4.52. The second-order valence-electron chi connectivity index (χ2n) is 7.50. The van der Waals surface area contributed by atoms with Crippen LogP contribution in [0.3, 0.4) is 0 Å². The van der Waals surface area contributed by atoms with Gasteiger partial charge >= 0.3 is 0 Å². The van der Waals surface area contributed by atoms with Gasteiger partial charge in [0.1, 0.15) is 18.2 Å². The molecule has 168 valence electrons. The van der Waals surface area contributed by atoms with E-state index in [1.54, 1.807) is 11.3 Å². The van der Waals surface area contributed by atoms with Crippen LogP contribution in [0.5, 0.6) is 0 Å². The first kappa shape index (κ1) is 23.6. The van der Waals surface area contributed by atoms with E-state index in [4.69, 9.17) is 4.99 Å². The first-order chi connectivity index (χ1) is 14.6. The predicted molar refractivity (Wildman–Crippen MR) is 133 cm³/mol. The summed E-state index contributed by atoms with van der Waals surface area (Å²) in [6.45, 7) is 6.14. The van der Waals surface area contributed by atoms with E-state index in [1.165, 1.54) is 4.88 Å². The lowest BCUT2D eigenvalue weighted by Gasteiger charge is -2.25. The Hall–Kier alpha value is -2.02. The molecule has 0 amide bonds. The Morgan fingerprint density at radius 2 is 2.23 bits per heavy atom. The normalized spacial score (nSPS) is 16.0. The van der Waals surface area contributed by atoms with Crippen molar-refractivity contribution in [1.29, 1.82) is 0 Å². The Bertz CT molecular complexity index is 993. The van der Waals surface area contributed by atoms with Gasteiger partial charge in [0.25, 0.3) is 0 Å². The number of rotatable bonds is 7. The molecule has 1 aliphatic rings. The second-order valence-corrected chi connectivity index (χ2v) is 8.54. The standard InChI is InChI=1S/C20H29N9S.HI/c1-4-17-24-18-8-7-15(13-29(18)27-17)23-20(21-10-9-16-6-5-11-30-16)22-12-19-26-25-14(2)28(19)3;/h5-6,11,15H,4,7-10,12-13H2,1-3H3,(H2,21,22,23);1H. The Balaban J connectivity index is 0.00000272. The highest BCUT2D eigenvalue weighted by atomic mass is 127. The number of hydrogen-bond acceptors (Lipinski definition) is 6. The quantitative estimate of drug-likeness (QED) is 0.264. The molecule has 1 atom stereocenters. The Labute approximate surface area is 203 Å². The fraction of sp³-hybridized carbons (Fsp3) is 0.550. The lowest BCUT2D eigenvalue weighted by Crippen LogP contribution is -2.47. The topological polar surface area (TPSA) is 97.8 Å². The number of fused-ring (bicyclic) bond motifs is 1. The van der Waals surface area contributed by atoms with Gasteiger partial charge in [0.05, 0.1) is 6.54 Å². The molecule has 9 nitrogen and oxygen atoms in total. The molecule has 4 heterocycles. The number of nitrogens with one attached hydrogen (secondary N) is 2. The van der Waals surface area contributed by atoms with Crippen molar-refractivity contribution in [2.45, 2.75) is 58.7 Å². The van der Waals surface area contributed by atoms with Gasteiger partial charge in [-0.2, -0.15) is 5.10 Å². The van der Waals surface area contributed by atoms with Crippen LogP contribution in [0, 0.1) is 6.92 Å². The van der Waals surface area contributed by atoms with E-state index < -0.39 is 0 Å². The van der Waals surface area contributed by atoms with Crippen molar-refractivity contribution in [3.05, 3.63) is 45.7 Å². The van der Waals surface area contributed by atoms with Crippen molar-refractivity contribution in [3.63, 3.8) is 0 Å². The van der Waals surface area contributed by atoms with E-state index in [0.29, 0.717) is 6.54 Å². The van der Waals surface area contributed by atoms with Gasteiger partial charge in [-0.25, -0.2) is 14.7 Å². The average Bonchev–Trinajstić information content (AvgIpc) is 3.47. The van der Waals surface area contributed by atoms with Gasteiger partial charge in [-0.05, 0) is 31.2 Å². The van der Waals surface area contributed by atoms with Crippen LogP contribution in [0.2, 0.25) is 0 Å². The molecule has 1 unspecified atom stereocenters. The van der Waals surface area contributed by atoms with Crippen molar-refractivity contribution in [3.8, 4) is 0 Å². The molecular formula is C20H30IN9S. The Morgan fingerprint density at radius 1 is 1.35 bits per heavy atom. The molecule has 0 radical (unpaired) electrons. The molecule has 1 aliphatic heterocycles. The summed E-state index contributed by atoms with van der Waals surface area (Å²) in [5.74, 6) is 4.55. The zero-order chi connectivity index (χ0) is 20.9. The zero-order valence-electron chi connectivity index (χ0n) is 18.2. The molecule has 0 aromatic carbocycles. The predicted octanol–water partition coefficient (Wildman–Crippen LogP) is 2.25. The number of nitrogens with zero attached hydrogens (tertiary/aromatic N) is 7. The number of guanidine groups is 1. The van der Waals surface area contributed by atoms with Gasteiger partial charge in [0.2, 0.25) is 0 Å². The lowest BCUT2D eigenvalue weighted by atomic mass is 10.1. The minimum Gasteiger partial charge on any atom is -0.356 e. The summed E-state index contributed by atoms with van der Waals surface area (Å²) in [5.41, 5.74) is 0. The molecule has 3 aromatic rings. The van der Waals surface area contributed by atoms with E-state index >= 15 is 0 Å². The number of aryl methyl sites for hydroxylation is 3. The second kappa shape index (κ2) is 11.0. The van der Waals surface area contributed by atoms with Gasteiger partial charge in [0, 0.05) is 37.4 Å². The molecule has 0 bridgehead atoms. The van der Waals surface area contributed by atoms with Crippen LogP contribution >= 0.6 is 35.3 Å². The first-order valence-corrected chi connectivity index (χ1v) is 11.3. The van der Waals surface area contributed by atoms with Crippen molar-refractivity contribution in [1.82, 2.24) is 40.2 Å². The molecule has 0 fully saturated rings. The van der Waals surface area contributed by atoms with E-state index in [2.05, 4.69) is 55.4 Å². The van der Waals surface area contributed by atoms with Gasteiger partial charge in [-0.3, -0.25) is 0 Å². The van der Waals surface area contributed by atoms with Gasteiger partial charge in [-0.15, -0.1) is 45.5 Å². The van der Waals surface area contributed by atoms with Gasteiger partial charge in [0.15, 0.2) is 17.6 Å². The number of halogens is 1. The summed E-state index contributed by atoms with van der Waals surface area (Å²) in [7, 11) is 1.97. The molecule has 0 spiro atoms. The maximum absolute atomic E-state index is 4.79. The summed E-state index contributed by atoms with van der Waals surface area (Å²) in [5, 5.41) is 22.2. The molecular weight excluding hydrogens is 525 g/mol. The number of thiophene rings is 1. The molecule has 31 heavy (non-hydrogen) atoms. The van der Waals surface area contributed by atoms with Crippen molar-refractivity contribution < 1.29 is 0 Å². The van der Waals surface area contributed by atoms with Crippen LogP contribution in [-0.2, 0) is 39.4 Å². The summed E-state index contributed by atoms with van der Waals surface area (Å²) in [4.78, 5) is 10.8. The molecule has 0 aliphatic carbocycles. The smallest absolute Gasteiger partial charge is 0.192 e. The maximum Gasteiger partial charge on any atom is 0.192 e. The third kappa shape index (κ3) is 6.03. The van der Waals surface area contributed by atoms with E-state index in [9.17, 15) is 0 Å². The summed E-state index contributed by atoms with van der Waals surface area (Å²) >= 11 is 1.78. The van der Waals surface area contributed by atoms with Crippen LogP contribution in [0.4, 0.5) is 0 Å². The zero-order valence-corrected chi connectivity index (χ0v) is 21.4.